The quantitative estimate of drug-likeness (QED) is 0.779. The van der Waals surface area contributed by atoms with Crippen LogP contribution in [0, 0.1) is 0 Å². The van der Waals surface area contributed by atoms with Crippen LogP contribution < -0.4 is 0 Å². The van der Waals surface area contributed by atoms with Crippen molar-refractivity contribution < 1.29 is 9.53 Å². The highest BCUT2D eigenvalue weighted by Gasteiger charge is 2.44. The van der Waals surface area contributed by atoms with Gasteiger partial charge in [-0.3, -0.25) is 4.79 Å². The third-order valence-electron chi connectivity index (χ3n) is 3.61. The first kappa shape index (κ1) is 12.3. The molecule has 0 N–H and O–H groups in total. The minimum atomic E-state index is -0.254. The fourth-order valence-corrected chi connectivity index (χ4v) is 2.40. The van der Waals surface area contributed by atoms with Gasteiger partial charge in [-0.2, -0.15) is 0 Å². The van der Waals surface area contributed by atoms with E-state index >= 15 is 0 Å². The van der Waals surface area contributed by atoms with E-state index in [0.29, 0.717) is 0 Å². The molecule has 1 aliphatic carbocycles. The second kappa shape index (κ2) is 5.01. The van der Waals surface area contributed by atoms with Crippen LogP contribution in [0.15, 0.2) is 30.3 Å². The van der Waals surface area contributed by atoms with Crippen molar-refractivity contribution in [2.75, 3.05) is 6.61 Å². The molecule has 0 bridgehead atoms. The molecule has 0 radical (unpaired) electrons. The lowest BCUT2D eigenvalue weighted by Crippen LogP contribution is -2.44. The average Bonchev–Trinajstić information content (AvgIpc) is 2.26. The van der Waals surface area contributed by atoms with Gasteiger partial charge in [0.15, 0.2) is 5.78 Å². The van der Waals surface area contributed by atoms with Gasteiger partial charge in [-0.15, -0.1) is 0 Å². The maximum Gasteiger partial charge on any atom is 0.168 e. The van der Waals surface area contributed by atoms with Crippen LogP contribution in [0.5, 0.6) is 0 Å². The molecular weight excluding hydrogens is 212 g/mol. The maximum absolute atomic E-state index is 12.3. The van der Waals surface area contributed by atoms with Crippen molar-refractivity contribution in [3.8, 4) is 0 Å². The second-order valence-corrected chi connectivity index (χ2v) is 5.08. The van der Waals surface area contributed by atoms with Crippen molar-refractivity contribution in [1.82, 2.24) is 0 Å². The third-order valence-corrected chi connectivity index (χ3v) is 3.61. The van der Waals surface area contributed by atoms with Crippen LogP contribution in [-0.2, 0) is 14.9 Å². The Morgan fingerprint density at radius 2 is 1.94 bits per heavy atom. The monoisotopic (exact) mass is 232 g/mol. The predicted octanol–water partition coefficient (Wildman–Crippen LogP) is 3.10. The fourth-order valence-electron chi connectivity index (χ4n) is 2.40. The number of hydrogen-bond donors (Lipinski definition) is 0. The summed E-state index contributed by atoms with van der Waals surface area (Å²) >= 11 is 0. The van der Waals surface area contributed by atoms with Gasteiger partial charge in [0, 0.05) is 0 Å². The Morgan fingerprint density at radius 1 is 1.29 bits per heavy atom. The van der Waals surface area contributed by atoms with E-state index in [-0.39, 0.29) is 23.9 Å². The highest BCUT2D eigenvalue weighted by molar-refractivity contribution is 5.92. The molecule has 17 heavy (non-hydrogen) atoms. The summed E-state index contributed by atoms with van der Waals surface area (Å²) in [5.74, 6) is 0.239. The van der Waals surface area contributed by atoms with E-state index in [4.69, 9.17) is 4.74 Å². The number of rotatable bonds is 5. The number of carbonyl (C=O) groups is 1. The number of Topliss-reactive ketones (excluding diaryl/α,β-unsaturated/α-hetero) is 1. The molecule has 0 saturated heterocycles. The normalized spacial score (nSPS) is 17.8. The molecule has 1 saturated carbocycles. The van der Waals surface area contributed by atoms with Gasteiger partial charge >= 0.3 is 0 Å². The summed E-state index contributed by atoms with van der Waals surface area (Å²) in [6.07, 6.45) is 3.20. The Kier molecular flexibility index (Phi) is 3.63. The molecule has 0 heterocycles. The molecule has 2 nitrogen and oxygen atoms in total. The second-order valence-electron chi connectivity index (χ2n) is 5.08. The summed E-state index contributed by atoms with van der Waals surface area (Å²) in [4.78, 5) is 12.3. The van der Waals surface area contributed by atoms with Gasteiger partial charge in [-0.25, -0.2) is 0 Å². The molecule has 2 rings (SSSR count). The highest BCUT2D eigenvalue weighted by atomic mass is 16.5. The molecular formula is C15H20O2. The highest BCUT2D eigenvalue weighted by Crippen LogP contribution is 2.44. The third kappa shape index (κ3) is 2.42. The topological polar surface area (TPSA) is 26.3 Å². The zero-order valence-corrected chi connectivity index (χ0v) is 10.6. The van der Waals surface area contributed by atoms with Crippen molar-refractivity contribution >= 4 is 5.78 Å². The van der Waals surface area contributed by atoms with E-state index in [1.807, 2.05) is 32.0 Å². The Hall–Kier alpha value is -1.15. The molecule has 1 aromatic rings. The van der Waals surface area contributed by atoms with Crippen molar-refractivity contribution in [1.29, 1.82) is 0 Å². The van der Waals surface area contributed by atoms with Crippen LogP contribution in [0.1, 0.15) is 38.7 Å². The zero-order valence-electron chi connectivity index (χ0n) is 10.6. The Bertz CT molecular complexity index is 377. The van der Waals surface area contributed by atoms with Crippen LogP contribution in [0.25, 0.3) is 0 Å². The van der Waals surface area contributed by atoms with Crippen LogP contribution in [0.2, 0.25) is 0 Å². The SMILES string of the molecule is CC(C)OCC(=O)C1(c2ccccc2)CCC1. The van der Waals surface area contributed by atoms with E-state index in [9.17, 15) is 4.79 Å². The van der Waals surface area contributed by atoms with E-state index in [1.54, 1.807) is 0 Å². The van der Waals surface area contributed by atoms with Gasteiger partial charge in [-0.05, 0) is 32.3 Å². The van der Waals surface area contributed by atoms with E-state index in [1.165, 1.54) is 0 Å². The first-order chi connectivity index (χ1) is 8.15. The van der Waals surface area contributed by atoms with Crippen molar-refractivity contribution in [3.63, 3.8) is 0 Å². The molecule has 0 amide bonds. The van der Waals surface area contributed by atoms with Gasteiger partial charge in [0.1, 0.15) is 6.61 Å². The molecule has 0 aromatic heterocycles. The number of benzene rings is 1. The largest absolute Gasteiger partial charge is 0.371 e. The van der Waals surface area contributed by atoms with Crippen molar-refractivity contribution in [2.24, 2.45) is 0 Å². The summed E-state index contributed by atoms with van der Waals surface area (Å²) in [6, 6.07) is 10.1. The summed E-state index contributed by atoms with van der Waals surface area (Å²) < 4.78 is 5.46. The number of ketones is 1. The molecule has 0 aliphatic heterocycles. The lowest BCUT2D eigenvalue weighted by Gasteiger charge is -2.41. The van der Waals surface area contributed by atoms with E-state index < -0.39 is 0 Å². The lowest BCUT2D eigenvalue weighted by atomic mass is 9.62. The average molecular weight is 232 g/mol. The van der Waals surface area contributed by atoms with Crippen LogP contribution in [0.3, 0.4) is 0 Å². The van der Waals surface area contributed by atoms with Gasteiger partial charge in [0.25, 0.3) is 0 Å². The van der Waals surface area contributed by atoms with Crippen molar-refractivity contribution in [2.45, 2.75) is 44.6 Å². The summed E-state index contributed by atoms with van der Waals surface area (Å²) in [6.45, 7) is 4.17. The lowest BCUT2D eigenvalue weighted by molar-refractivity contribution is -0.133. The molecule has 1 aliphatic rings. The van der Waals surface area contributed by atoms with Gasteiger partial charge in [-0.1, -0.05) is 36.8 Å². The molecule has 0 spiro atoms. The molecule has 0 atom stereocenters. The van der Waals surface area contributed by atoms with E-state index in [0.717, 1.165) is 24.8 Å². The number of carbonyl (C=O) groups excluding carboxylic acids is 1. The molecule has 2 heteroatoms. The number of hydrogen-bond acceptors (Lipinski definition) is 2. The maximum atomic E-state index is 12.3. The van der Waals surface area contributed by atoms with Gasteiger partial charge < -0.3 is 4.74 Å². The first-order valence-corrected chi connectivity index (χ1v) is 6.35. The van der Waals surface area contributed by atoms with E-state index in [2.05, 4.69) is 12.1 Å². The Morgan fingerprint density at radius 3 is 2.41 bits per heavy atom. The first-order valence-electron chi connectivity index (χ1n) is 6.35. The minimum absolute atomic E-state index is 0.117. The van der Waals surface area contributed by atoms with Gasteiger partial charge in [0.2, 0.25) is 0 Å². The van der Waals surface area contributed by atoms with Crippen LogP contribution in [0.4, 0.5) is 0 Å². The molecule has 1 aromatic carbocycles. The van der Waals surface area contributed by atoms with Crippen LogP contribution >= 0.6 is 0 Å². The summed E-state index contributed by atoms with van der Waals surface area (Å²) in [5, 5.41) is 0. The zero-order chi connectivity index (χ0) is 12.3. The molecule has 1 fully saturated rings. The van der Waals surface area contributed by atoms with Gasteiger partial charge in [0.05, 0.1) is 11.5 Å². The fraction of sp³-hybridized carbons (Fsp3) is 0.533. The standard InChI is InChI=1S/C15H20O2/c1-12(2)17-11-14(16)15(9-6-10-15)13-7-4-3-5-8-13/h3-5,7-8,12H,6,9-11H2,1-2H3. The smallest absolute Gasteiger partial charge is 0.168 e. The van der Waals surface area contributed by atoms with Crippen LogP contribution in [-0.4, -0.2) is 18.5 Å². The Labute approximate surface area is 103 Å². The Balaban J connectivity index is 2.12. The molecule has 92 valence electrons. The molecule has 0 unspecified atom stereocenters. The predicted molar refractivity (Wildman–Crippen MR) is 68.1 cm³/mol. The summed E-state index contributed by atoms with van der Waals surface area (Å²) in [5.41, 5.74) is 0.902. The minimum Gasteiger partial charge on any atom is -0.371 e. The van der Waals surface area contributed by atoms with Crippen molar-refractivity contribution in [3.05, 3.63) is 35.9 Å². The summed E-state index contributed by atoms with van der Waals surface area (Å²) in [7, 11) is 0. The number of ether oxygens (including phenoxy) is 1.